The fourth-order valence-electron chi connectivity index (χ4n) is 5.13. The number of nitrogens with one attached hydrogen (secondary N) is 1. The van der Waals surface area contributed by atoms with Crippen molar-refractivity contribution in [1.82, 2.24) is 10.2 Å². The third-order valence-corrected chi connectivity index (χ3v) is 7.65. The molecule has 210 valence electrons. The molecule has 2 N–H and O–H groups in total. The van der Waals surface area contributed by atoms with Crippen LogP contribution in [0, 0.1) is 5.92 Å². The Kier molecular flexibility index (Phi) is 9.59. The minimum atomic E-state index is -1.07. The fourth-order valence-corrected chi connectivity index (χ4v) is 5.13. The Bertz CT molecular complexity index is 1270. The average molecular weight is 543 g/mol. The molecule has 0 aliphatic carbocycles. The second-order valence-electron chi connectivity index (χ2n) is 11.0. The number of carbonyl (C=O) groups excluding carboxylic acids is 2. The predicted octanol–water partition coefficient (Wildman–Crippen LogP) is 4.98. The summed E-state index contributed by atoms with van der Waals surface area (Å²) in [6.45, 7) is 5.52. The van der Waals surface area contributed by atoms with Crippen molar-refractivity contribution in [2.75, 3.05) is 13.1 Å². The van der Waals surface area contributed by atoms with Crippen LogP contribution < -0.4 is 10.1 Å². The highest BCUT2D eigenvalue weighted by molar-refractivity contribution is 5.87. The molecule has 0 spiro atoms. The van der Waals surface area contributed by atoms with E-state index in [1.165, 1.54) is 0 Å². The highest BCUT2D eigenvalue weighted by Gasteiger charge is 2.35. The molecule has 7 heteroatoms. The Labute approximate surface area is 236 Å². The van der Waals surface area contributed by atoms with Gasteiger partial charge in [0.25, 0.3) is 0 Å². The highest BCUT2D eigenvalue weighted by Crippen LogP contribution is 2.29. The maximum absolute atomic E-state index is 13.2. The van der Waals surface area contributed by atoms with Crippen molar-refractivity contribution in [3.8, 4) is 5.75 Å². The van der Waals surface area contributed by atoms with Gasteiger partial charge in [-0.1, -0.05) is 72.8 Å². The largest absolute Gasteiger partial charge is 0.489 e. The zero-order chi connectivity index (χ0) is 28.5. The summed E-state index contributed by atoms with van der Waals surface area (Å²) in [4.78, 5) is 39.8. The van der Waals surface area contributed by atoms with E-state index >= 15 is 0 Å². The van der Waals surface area contributed by atoms with Crippen LogP contribution in [0.25, 0.3) is 0 Å². The van der Waals surface area contributed by atoms with Crippen molar-refractivity contribution < 1.29 is 24.2 Å². The van der Waals surface area contributed by atoms with Gasteiger partial charge in [-0.2, -0.15) is 0 Å². The Morgan fingerprint density at radius 2 is 1.50 bits per heavy atom. The smallest absolute Gasteiger partial charge is 0.326 e. The van der Waals surface area contributed by atoms with Crippen LogP contribution in [0.2, 0.25) is 0 Å². The first-order valence-corrected chi connectivity index (χ1v) is 13.8. The molecule has 1 saturated heterocycles. The van der Waals surface area contributed by atoms with E-state index in [9.17, 15) is 19.5 Å². The number of likely N-dealkylation sites (tertiary alicyclic amines) is 1. The molecule has 4 rings (SSSR count). The van der Waals surface area contributed by atoms with Gasteiger partial charge in [0, 0.05) is 25.9 Å². The molecule has 1 heterocycles. The third-order valence-electron chi connectivity index (χ3n) is 7.65. The molecule has 1 aliphatic rings. The Morgan fingerprint density at radius 1 is 0.900 bits per heavy atom. The molecule has 0 unspecified atom stereocenters. The van der Waals surface area contributed by atoms with Crippen molar-refractivity contribution in [1.29, 1.82) is 0 Å². The number of nitrogens with zero attached hydrogens (tertiary/aromatic N) is 1. The maximum atomic E-state index is 13.2. The first-order valence-electron chi connectivity index (χ1n) is 13.8. The molecular weight excluding hydrogens is 504 g/mol. The molecule has 0 radical (unpaired) electrons. The topological polar surface area (TPSA) is 95.9 Å². The molecular formula is C33H38N2O5. The van der Waals surface area contributed by atoms with E-state index < -0.39 is 17.4 Å². The molecule has 0 aromatic heterocycles. The SMILES string of the molecule is CC(C)(C(=O)N1CCC(CC(=O)N[C@@H](Cc2ccc(OCc3ccccc3)cc2)C(=O)O)CC1)c1ccccc1. The van der Waals surface area contributed by atoms with E-state index in [4.69, 9.17) is 4.74 Å². The summed E-state index contributed by atoms with van der Waals surface area (Å²) >= 11 is 0. The number of benzene rings is 3. The van der Waals surface area contributed by atoms with E-state index in [-0.39, 0.29) is 30.6 Å². The number of hydrogen-bond donors (Lipinski definition) is 2. The van der Waals surface area contributed by atoms with E-state index in [1.54, 1.807) is 0 Å². The molecule has 0 saturated carbocycles. The standard InChI is InChI=1S/C33H38N2O5/c1-33(2,27-11-7-4-8-12-27)32(39)35-19-17-25(18-20-35)22-30(36)34-29(31(37)38)21-24-13-15-28(16-14-24)40-23-26-9-5-3-6-10-26/h3-16,25,29H,17-23H2,1-2H3,(H,34,36)(H,37,38)/t29-/m0/s1. The molecule has 7 nitrogen and oxygen atoms in total. The van der Waals surface area contributed by atoms with Crippen LogP contribution in [0.4, 0.5) is 0 Å². The number of aliphatic carboxylic acids is 1. The third kappa shape index (κ3) is 7.72. The zero-order valence-electron chi connectivity index (χ0n) is 23.2. The van der Waals surface area contributed by atoms with E-state index in [0.717, 1.165) is 16.7 Å². The van der Waals surface area contributed by atoms with Crippen molar-refractivity contribution in [2.24, 2.45) is 5.92 Å². The second kappa shape index (κ2) is 13.3. The lowest BCUT2D eigenvalue weighted by molar-refractivity contribution is -0.142. The number of rotatable bonds is 11. The zero-order valence-corrected chi connectivity index (χ0v) is 23.2. The Morgan fingerprint density at radius 3 is 2.10 bits per heavy atom. The van der Waals surface area contributed by atoms with Gasteiger partial charge in [0.15, 0.2) is 0 Å². The minimum Gasteiger partial charge on any atom is -0.489 e. The number of piperidine rings is 1. The average Bonchev–Trinajstić information content (AvgIpc) is 2.97. The normalized spacial score (nSPS) is 14.8. The van der Waals surface area contributed by atoms with Gasteiger partial charge >= 0.3 is 5.97 Å². The monoisotopic (exact) mass is 542 g/mol. The Hall–Kier alpha value is -4.13. The molecule has 3 aromatic rings. The van der Waals surface area contributed by atoms with Crippen LogP contribution >= 0.6 is 0 Å². The molecule has 1 atom stereocenters. The van der Waals surface area contributed by atoms with Crippen molar-refractivity contribution in [3.63, 3.8) is 0 Å². The highest BCUT2D eigenvalue weighted by atomic mass is 16.5. The molecule has 2 amide bonds. The van der Waals surface area contributed by atoms with Gasteiger partial charge in [0.05, 0.1) is 5.41 Å². The molecule has 1 fully saturated rings. The number of ether oxygens (including phenoxy) is 1. The maximum Gasteiger partial charge on any atom is 0.326 e. The summed E-state index contributed by atoms with van der Waals surface area (Å²) in [5.41, 5.74) is 2.23. The Balaban J connectivity index is 1.24. The van der Waals surface area contributed by atoms with Gasteiger partial charge in [0.2, 0.25) is 11.8 Å². The quantitative estimate of drug-likeness (QED) is 0.356. The van der Waals surface area contributed by atoms with E-state index in [1.807, 2.05) is 104 Å². The molecule has 1 aliphatic heterocycles. The van der Waals surface area contributed by atoms with Gasteiger partial charge in [-0.05, 0) is 61.4 Å². The summed E-state index contributed by atoms with van der Waals surface area (Å²) in [5.74, 6) is -0.449. The number of amides is 2. The predicted molar refractivity (Wildman–Crippen MR) is 154 cm³/mol. The molecule has 3 aromatic carbocycles. The van der Waals surface area contributed by atoms with Gasteiger partial charge in [-0.3, -0.25) is 9.59 Å². The van der Waals surface area contributed by atoms with Crippen LogP contribution in [-0.2, 0) is 32.8 Å². The number of carbonyl (C=O) groups is 3. The minimum absolute atomic E-state index is 0.0871. The van der Waals surface area contributed by atoms with Crippen LogP contribution in [0.3, 0.4) is 0 Å². The molecule has 40 heavy (non-hydrogen) atoms. The van der Waals surface area contributed by atoms with Crippen molar-refractivity contribution in [3.05, 3.63) is 102 Å². The van der Waals surface area contributed by atoms with Gasteiger partial charge < -0.3 is 20.1 Å². The lowest BCUT2D eigenvalue weighted by Gasteiger charge is -2.37. The number of hydrogen-bond acceptors (Lipinski definition) is 4. The number of carboxylic acid groups (broad SMARTS) is 1. The molecule has 0 bridgehead atoms. The van der Waals surface area contributed by atoms with Gasteiger partial charge in [-0.15, -0.1) is 0 Å². The lowest BCUT2D eigenvalue weighted by atomic mass is 9.82. The fraction of sp³-hybridized carbons (Fsp3) is 0.364. The summed E-state index contributed by atoms with van der Waals surface area (Å²) in [7, 11) is 0. The number of carboxylic acids is 1. The van der Waals surface area contributed by atoms with Crippen molar-refractivity contribution >= 4 is 17.8 Å². The first-order chi connectivity index (χ1) is 19.2. The lowest BCUT2D eigenvalue weighted by Crippen LogP contribution is -2.48. The first kappa shape index (κ1) is 28.9. The van der Waals surface area contributed by atoms with Crippen LogP contribution in [0.15, 0.2) is 84.9 Å². The second-order valence-corrected chi connectivity index (χ2v) is 11.0. The van der Waals surface area contributed by atoms with Crippen molar-refractivity contribution in [2.45, 2.75) is 57.6 Å². The van der Waals surface area contributed by atoms with E-state index in [0.29, 0.717) is 38.3 Å². The van der Waals surface area contributed by atoms with Crippen LogP contribution in [0.5, 0.6) is 5.75 Å². The van der Waals surface area contributed by atoms with Gasteiger partial charge in [0.1, 0.15) is 18.4 Å². The van der Waals surface area contributed by atoms with Gasteiger partial charge in [-0.25, -0.2) is 4.79 Å². The van der Waals surface area contributed by atoms with Crippen LogP contribution in [-0.4, -0.2) is 46.9 Å². The summed E-state index contributed by atoms with van der Waals surface area (Å²) in [6.07, 6.45) is 1.86. The summed E-state index contributed by atoms with van der Waals surface area (Å²) in [5, 5.41) is 12.4. The van der Waals surface area contributed by atoms with Crippen LogP contribution in [0.1, 0.15) is 49.8 Å². The summed E-state index contributed by atoms with van der Waals surface area (Å²) in [6, 6.07) is 25.9. The summed E-state index contributed by atoms with van der Waals surface area (Å²) < 4.78 is 5.80. The van der Waals surface area contributed by atoms with E-state index in [2.05, 4.69) is 5.32 Å².